The van der Waals surface area contributed by atoms with E-state index in [-0.39, 0.29) is 5.91 Å². The molecule has 0 saturated heterocycles. The SMILES string of the molecule is COc1ccc(C(=O)Nc2ccc3oc(-c4ccc(-c5ccccc5)cc4)nc3c2)cc1Br. The number of hydrogen-bond donors (Lipinski definition) is 1. The van der Waals surface area contributed by atoms with Crippen LogP contribution in [-0.4, -0.2) is 18.0 Å². The molecule has 1 amide bonds. The number of methoxy groups -OCH3 is 1. The highest BCUT2D eigenvalue weighted by Gasteiger charge is 2.12. The van der Waals surface area contributed by atoms with Gasteiger partial charge in [-0.15, -0.1) is 0 Å². The van der Waals surface area contributed by atoms with Gasteiger partial charge in [0.1, 0.15) is 11.3 Å². The van der Waals surface area contributed by atoms with Crippen molar-refractivity contribution in [2.24, 2.45) is 0 Å². The molecular weight excluding hydrogens is 480 g/mol. The minimum absolute atomic E-state index is 0.224. The minimum atomic E-state index is -0.224. The van der Waals surface area contributed by atoms with Gasteiger partial charge in [-0.3, -0.25) is 4.79 Å². The zero-order valence-corrected chi connectivity index (χ0v) is 19.3. The number of rotatable bonds is 5. The summed E-state index contributed by atoms with van der Waals surface area (Å²) in [5.74, 6) is 0.977. The van der Waals surface area contributed by atoms with Crippen molar-refractivity contribution in [3.8, 4) is 28.3 Å². The first-order valence-corrected chi connectivity index (χ1v) is 11.1. The highest BCUT2D eigenvalue weighted by atomic mass is 79.9. The van der Waals surface area contributed by atoms with Crippen LogP contribution in [0.1, 0.15) is 10.4 Å². The van der Waals surface area contributed by atoms with E-state index in [1.807, 2.05) is 36.4 Å². The number of halogens is 1. The van der Waals surface area contributed by atoms with Crippen LogP contribution in [0.5, 0.6) is 5.75 Å². The number of nitrogens with one attached hydrogen (secondary N) is 1. The van der Waals surface area contributed by atoms with Gasteiger partial charge in [-0.2, -0.15) is 0 Å². The molecule has 4 aromatic carbocycles. The van der Waals surface area contributed by atoms with E-state index in [4.69, 9.17) is 9.15 Å². The van der Waals surface area contributed by atoms with Gasteiger partial charge in [0, 0.05) is 16.8 Å². The number of benzene rings is 4. The molecule has 1 aromatic heterocycles. The van der Waals surface area contributed by atoms with Gasteiger partial charge in [0.25, 0.3) is 5.91 Å². The molecule has 0 saturated carbocycles. The van der Waals surface area contributed by atoms with Crippen LogP contribution in [0.25, 0.3) is 33.7 Å². The maximum atomic E-state index is 12.7. The first-order valence-electron chi connectivity index (χ1n) is 10.3. The van der Waals surface area contributed by atoms with Crippen LogP contribution < -0.4 is 10.1 Å². The normalized spacial score (nSPS) is 10.8. The Labute approximate surface area is 199 Å². The third kappa shape index (κ3) is 4.38. The summed E-state index contributed by atoms with van der Waals surface area (Å²) in [4.78, 5) is 17.3. The first-order chi connectivity index (χ1) is 16.1. The van der Waals surface area contributed by atoms with Crippen LogP contribution in [0.15, 0.2) is 99.9 Å². The van der Waals surface area contributed by atoms with Gasteiger partial charge in [-0.25, -0.2) is 4.98 Å². The Morgan fingerprint density at radius 3 is 2.33 bits per heavy atom. The van der Waals surface area contributed by atoms with Crippen LogP contribution >= 0.6 is 15.9 Å². The predicted molar refractivity (Wildman–Crippen MR) is 134 cm³/mol. The molecule has 0 aliphatic heterocycles. The second-order valence-electron chi connectivity index (χ2n) is 7.45. The number of carbonyl (C=O) groups excluding carboxylic acids is 1. The molecule has 33 heavy (non-hydrogen) atoms. The molecule has 1 heterocycles. The number of fused-ring (bicyclic) bond motifs is 1. The Hall–Kier alpha value is -3.90. The number of anilines is 1. The summed E-state index contributed by atoms with van der Waals surface area (Å²) in [5, 5.41) is 2.91. The molecule has 0 atom stereocenters. The van der Waals surface area contributed by atoms with Gasteiger partial charge in [0.05, 0.1) is 11.6 Å². The molecule has 6 heteroatoms. The van der Waals surface area contributed by atoms with E-state index in [1.165, 1.54) is 0 Å². The summed E-state index contributed by atoms with van der Waals surface area (Å²) in [7, 11) is 1.58. The summed E-state index contributed by atoms with van der Waals surface area (Å²) < 4.78 is 11.9. The van der Waals surface area contributed by atoms with Gasteiger partial charge in [-0.05, 0) is 75.6 Å². The summed E-state index contributed by atoms with van der Waals surface area (Å²) in [6, 6.07) is 28.9. The highest BCUT2D eigenvalue weighted by molar-refractivity contribution is 9.10. The summed E-state index contributed by atoms with van der Waals surface area (Å²) in [6.07, 6.45) is 0. The standard InChI is InChI=1S/C27H19BrN2O3/c1-32-24-13-11-20(15-22(24)28)26(31)29-21-12-14-25-23(16-21)30-27(33-25)19-9-7-18(8-10-19)17-5-3-2-4-6-17/h2-16H,1H3,(H,29,31). The Morgan fingerprint density at radius 1 is 0.879 bits per heavy atom. The van der Waals surface area contributed by atoms with E-state index < -0.39 is 0 Å². The molecule has 5 aromatic rings. The summed E-state index contributed by atoms with van der Waals surface area (Å²) in [6.45, 7) is 0. The van der Waals surface area contributed by atoms with Gasteiger partial charge >= 0.3 is 0 Å². The topological polar surface area (TPSA) is 64.4 Å². The number of carbonyl (C=O) groups is 1. The second kappa shape index (κ2) is 8.92. The molecule has 1 N–H and O–H groups in total. The Balaban J connectivity index is 1.36. The van der Waals surface area contributed by atoms with E-state index in [1.54, 1.807) is 37.4 Å². The monoisotopic (exact) mass is 498 g/mol. The molecule has 5 nitrogen and oxygen atoms in total. The van der Waals surface area contributed by atoms with Crippen LogP contribution in [0.4, 0.5) is 5.69 Å². The number of hydrogen-bond acceptors (Lipinski definition) is 4. The van der Waals surface area contributed by atoms with Gasteiger partial charge in [0.2, 0.25) is 5.89 Å². The molecular formula is C27H19BrN2O3. The van der Waals surface area contributed by atoms with Crippen molar-refractivity contribution in [3.63, 3.8) is 0 Å². The summed E-state index contributed by atoms with van der Waals surface area (Å²) in [5.41, 5.74) is 5.66. The lowest BCUT2D eigenvalue weighted by atomic mass is 10.0. The minimum Gasteiger partial charge on any atom is -0.496 e. The highest BCUT2D eigenvalue weighted by Crippen LogP contribution is 2.29. The lowest BCUT2D eigenvalue weighted by Gasteiger charge is -2.07. The Kier molecular flexibility index (Phi) is 5.67. The zero-order valence-electron chi connectivity index (χ0n) is 17.7. The van der Waals surface area contributed by atoms with Crippen molar-refractivity contribution < 1.29 is 13.9 Å². The number of amides is 1. The number of ether oxygens (including phenoxy) is 1. The average molecular weight is 499 g/mol. The van der Waals surface area contributed by atoms with Crippen molar-refractivity contribution in [1.29, 1.82) is 0 Å². The Morgan fingerprint density at radius 2 is 1.61 bits per heavy atom. The van der Waals surface area contributed by atoms with Crippen molar-refractivity contribution in [2.45, 2.75) is 0 Å². The predicted octanol–water partition coefficient (Wildman–Crippen LogP) is 7.19. The van der Waals surface area contributed by atoms with Crippen molar-refractivity contribution in [2.75, 3.05) is 12.4 Å². The van der Waals surface area contributed by atoms with E-state index >= 15 is 0 Å². The first kappa shape index (κ1) is 21.0. The average Bonchev–Trinajstić information content (AvgIpc) is 3.28. The largest absolute Gasteiger partial charge is 0.496 e. The second-order valence-corrected chi connectivity index (χ2v) is 8.30. The third-order valence-electron chi connectivity index (χ3n) is 5.30. The molecule has 0 aliphatic rings. The number of oxazole rings is 1. The lowest BCUT2D eigenvalue weighted by molar-refractivity contribution is 0.102. The van der Waals surface area contributed by atoms with E-state index in [9.17, 15) is 4.79 Å². The Bertz CT molecular complexity index is 1440. The smallest absolute Gasteiger partial charge is 0.255 e. The fourth-order valence-electron chi connectivity index (χ4n) is 3.58. The molecule has 0 spiro atoms. The molecule has 0 fully saturated rings. The summed E-state index contributed by atoms with van der Waals surface area (Å²) >= 11 is 3.41. The number of nitrogens with zero attached hydrogens (tertiary/aromatic N) is 1. The van der Waals surface area contributed by atoms with Gasteiger partial charge in [0.15, 0.2) is 5.58 Å². The van der Waals surface area contributed by atoms with Crippen LogP contribution in [0.2, 0.25) is 0 Å². The molecule has 0 aliphatic carbocycles. The number of aromatic nitrogens is 1. The van der Waals surface area contributed by atoms with Gasteiger partial charge in [-0.1, -0.05) is 42.5 Å². The maximum Gasteiger partial charge on any atom is 0.255 e. The molecule has 0 bridgehead atoms. The lowest BCUT2D eigenvalue weighted by Crippen LogP contribution is -2.11. The van der Waals surface area contributed by atoms with E-state index in [0.29, 0.717) is 38.5 Å². The van der Waals surface area contributed by atoms with Crippen molar-refractivity contribution >= 4 is 38.6 Å². The van der Waals surface area contributed by atoms with Gasteiger partial charge < -0.3 is 14.5 Å². The maximum absolute atomic E-state index is 12.7. The molecule has 162 valence electrons. The van der Waals surface area contributed by atoms with Crippen LogP contribution in [-0.2, 0) is 0 Å². The van der Waals surface area contributed by atoms with E-state index in [0.717, 1.165) is 16.7 Å². The zero-order chi connectivity index (χ0) is 22.8. The fourth-order valence-corrected chi connectivity index (χ4v) is 4.12. The van der Waals surface area contributed by atoms with Crippen molar-refractivity contribution in [3.05, 3.63) is 101 Å². The molecule has 0 unspecified atom stereocenters. The molecule has 0 radical (unpaired) electrons. The van der Waals surface area contributed by atoms with Crippen LogP contribution in [0.3, 0.4) is 0 Å². The quantitative estimate of drug-likeness (QED) is 0.278. The van der Waals surface area contributed by atoms with E-state index in [2.05, 4.69) is 50.5 Å². The van der Waals surface area contributed by atoms with Crippen molar-refractivity contribution in [1.82, 2.24) is 4.98 Å². The fraction of sp³-hybridized carbons (Fsp3) is 0.0370. The molecule has 5 rings (SSSR count). The van der Waals surface area contributed by atoms with Crippen LogP contribution in [0, 0.1) is 0 Å². The third-order valence-corrected chi connectivity index (χ3v) is 5.92.